The lowest BCUT2D eigenvalue weighted by Gasteiger charge is -2.03. The van der Waals surface area contributed by atoms with Gasteiger partial charge in [0.2, 0.25) is 0 Å². The fourth-order valence-electron chi connectivity index (χ4n) is 1.17. The number of Topliss-reactive ketones (excluding diaryl/α,β-unsaturated/α-hetero) is 1. The molecule has 72 valence electrons. The number of ketones is 1. The van der Waals surface area contributed by atoms with Crippen LogP contribution in [0, 0.1) is 6.92 Å². The number of hydrogen-bond acceptors (Lipinski definition) is 3. The van der Waals surface area contributed by atoms with Crippen molar-refractivity contribution in [3.05, 3.63) is 17.5 Å². The highest BCUT2D eigenvalue weighted by Gasteiger charge is 2.11. The number of rotatable bonds is 3. The van der Waals surface area contributed by atoms with Gasteiger partial charge in [0.05, 0.1) is 11.7 Å². The third-order valence-electron chi connectivity index (χ3n) is 1.96. The van der Waals surface area contributed by atoms with E-state index in [-0.39, 0.29) is 5.78 Å². The number of nitrogens with zero attached hydrogens (tertiary/aromatic N) is 2. The molecule has 0 fully saturated rings. The van der Waals surface area contributed by atoms with Crippen LogP contribution < -0.4 is 5.73 Å². The maximum Gasteiger partial charge on any atom is 0.155 e. The average molecular weight is 181 g/mol. The van der Waals surface area contributed by atoms with Gasteiger partial charge in [-0.05, 0) is 19.9 Å². The van der Waals surface area contributed by atoms with E-state index in [0.717, 1.165) is 11.4 Å². The van der Waals surface area contributed by atoms with Gasteiger partial charge >= 0.3 is 0 Å². The Hall–Kier alpha value is -1.16. The molecule has 4 heteroatoms. The zero-order valence-corrected chi connectivity index (χ0v) is 8.24. The minimum Gasteiger partial charge on any atom is -0.322 e. The molecule has 1 atom stereocenters. The van der Waals surface area contributed by atoms with Crippen molar-refractivity contribution < 1.29 is 4.79 Å². The molecule has 0 amide bonds. The number of carbonyl (C=O) groups excluding carboxylic acids is 1. The van der Waals surface area contributed by atoms with E-state index in [4.69, 9.17) is 5.73 Å². The lowest BCUT2D eigenvalue weighted by molar-refractivity contribution is -0.119. The van der Waals surface area contributed by atoms with Crippen molar-refractivity contribution in [3.8, 4) is 0 Å². The Balaban J connectivity index is 2.74. The van der Waals surface area contributed by atoms with Crippen LogP contribution in [0.3, 0.4) is 0 Å². The second kappa shape index (κ2) is 3.70. The van der Waals surface area contributed by atoms with Gasteiger partial charge in [0.1, 0.15) is 0 Å². The normalized spacial score (nSPS) is 12.9. The van der Waals surface area contributed by atoms with Crippen molar-refractivity contribution in [3.63, 3.8) is 0 Å². The predicted octanol–water partition coefficient (Wildman–Crippen LogP) is 0.187. The zero-order chi connectivity index (χ0) is 10.0. The molecule has 0 spiro atoms. The summed E-state index contributed by atoms with van der Waals surface area (Å²) in [6.07, 6.45) is 0.370. The van der Waals surface area contributed by atoms with Crippen molar-refractivity contribution in [1.29, 1.82) is 0 Å². The topological polar surface area (TPSA) is 60.9 Å². The molecule has 1 rings (SSSR count). The van der Waals surface area contributed by atoms with Gasteiger partial charge in [0, 0.05) is 19.2 Å². The molecule has 1 aromatic rings. The maximum atomic E-state index is 11.3. The van der Waals surface area contributed by atoms with E-state index in [2.05, 4.69) is 5.10 Å². The summed E-state index contributed by atoms with van der Waals surface area (Å²) >= 11 is 0. The molecule has 1 unspecified atom stereocenters. The molecule has 13 heavy (non-hydrogen) atoms. The van der Waals surface area contributed by atoms with Crippen LogP contribution in [0.2, 0.25) is 0 Å². The highest BCUT2D eigenvalue weighted by Crippen LogP contribution is 2.03. The second-order valence-corrected chi connectivity index (χ2v) is 3.33. The van der Waals surface area contributed by atoms with Crippen LogP contribution in [0.25, 0.3) is 0 Å². The quantitative estimate of drug-likeness (QED) is 0.724. The highest BCUT2D eigenvalue weighted by molar-refractivity contribution is 5.85. The van der Waals surface area contributed by atoms with E-state index in [1.54, 1.807) is 11.6 Å². The largest absolute Gasteiger partial charge is 0.322 e. The molecular formula is C9H15N3O. The predicted molar refractivity (Wildman–Crippen MR) is 50.3 cm³/mol. The van der Waals surface area contributed by atoms with Crippen molar-refractivity contribution in [2.24, 2.45) is 12.8 Å². The molecule has 2 N–H and O–H groups in total. The molecule has 0 saturated heterocycles. The molecule has 1 aromatic heterocycles. The fraction of sp³-hybridized carbons (Fsp3) is 0.556. The van der Waals surface area contributed by atoms with Gasteiger partial charge in [-0.1, -0.05) is 0 Å². The van der Waals surface area contributed by atoms with Crippen LogP contribution in [-0.2, 0) is 18.3 Å². The molecule has 0 aliphatic rings. The van der Waals surface area contributed by atoms with Crippen LogP contribution in [-0.4, -0.2) is 21.6 Å². The first-order chi connectivity index (χ1) is 6.00. The first kappa shape index (κ1) is 9.92. The number of carbonyl (C=O) groups is 1. The van der Waals surface area contributed by atoms with E-state index < -0.39 is 6.04 Å². The number of aryl methyl sites for hydroxylation is 2. The first-order valence-corrected chi connectivity index (χ1v) is 4.28. The van der Waals surface area contributed by atoms with E-state index in [1.165, 1.54) is 0 Å². The molecule has 4 nitrogen and oxygen atoms in total. The SMILES string of the molecule is Cc1cc(CC(=O)C(C)N)n(C)n1. The third-order valence-corrected chi connectivity index (χ3v) is 1.96. The minimum absolute atomic E-state index is 0.0444. The van der Waals surface area contributed by atoms with Gasteiger partial charge in [-0.2, -0.15) is 5.10 Å². The zero-order valence-electron chi connectivity index (χ0n) is 8.24. The maximum absolute atomic E-state index is 11.3. The lowest BCUT2D eigenvalue weighted by atomic mass is 10.1. The minimum atomic E-state index is -0.393. The summed E-state index contributed by atoms with van der Waals surface area (Å²) < 4.78 is 1.72. The van der Waals surface area contributed by atoms with Gasteiger partial charge in [0.15, 0.2) is 5.78 Å². The van der Waals surface area contributed by atoms with E-state index in [9.17, 15) is 4.79 Å². The Morgan fingerprint density at radius 1 is 1.77 bits per heavy atom. The standard InChI is InChI=1S/C9H15N3O/c1-6-4-8(12(3)11-6)5-9(13)7(2)10/h4,7H,5,10H2,1-3H3. The molecule has 0 aliphatic heterocycles. The molecule has 0 saturated carbocycles. The summed E-state index contributed by atoms with van der Waals surface area (Å²) in [5.74, 6) is 0.0444. The van der Waals surface area contributed by atoms with E-state index >= 15 is 0 Å². The molecule has 1 heterocycles. The summed E-state index contributed by atoms with van der Waals surface area (Å²) in [4.78, 5) is 11.3. The highest BCUT2D eigenvalue weighted by atomic mass is 16.1. The van der Waals surface area contributed by atoms with Crippen molar-refractivity contribution in [1.82, 2.24) is 9.78 Å². The van der Waals surface area contributed by atoms with Crippen molar-refractivity contribution in [2.45, 2.75) is 26.3 Å². The van der Waals surface area contributed by atoms with Crippen LogP contribution in [0.15, 0.2) is 6.07 Å². The summed E-state index contributed by atoms with van der Waals surface area (Å²) in [7, 11) is 1.83. The van der Waals surface area contributed by atoms with Crippen LogP contribution >= 0.6 is 0 Å². The van der Waals surface area contributed by atoms with Gasteiger partial charge in [-0.3, -0.25) is 9.48 Å². The van der Waals surface area contributed by atoms with Gasteiger partial charge in [0.25, 0.3) is 0 Å². The van der Waals surface area contributed by atoms with Crippen LogP contribution in [0.4, 0.5) is 0 Å². The average Bonchev–Trinajstić information content (AvgIpc) is 2.30. The Kier molecular flexibility index (Phi) is 2.83. The molecule has 0 aromatic carbocycles. The monoisotopic (exact) mass is 181 g/mol. The lowest BCUT2D eigenvalue weighted by Crippen LogP contribution is -2.28. The Morgan fingerprint density at radius 2 is 2.38 bits per heavy atom. The summed E-state index contributed by atoms with van der Waals surface area (Å²) in [6, 6.07) is 1.51. The van der Waals surface area contributed by atoms with Gasteiger partial charge in [-0.15, -0.1) is 0 Å². The third kappa shape index (κ3) is 2.39. The first-order valence-electron chi connectivity index (χ1n) is 4.28. The fourth-order valence-corrected chi connectivity index (χ4v) is 1.17. The van der Waals surface area contributed by atoms with Gasteiger partial charge < -0.3 is 5.73 Å². The van der Waals surface area contributed by atoms with Crippen LogP contribution in [0.5, 0.6) is 0 Å². The molecule has 0 aliphatic carbocycles. The second-order valence-electron chi connectivity index (χ2n) is 3.33. The van der Waals surface area contributed by atoms with Gasteiger partial charge in [-0.25, -0.2) is 0 Å². The smallest absolute Gasteiger partial charge is 0.155 e. The van der Waals surface area contributed by atoms with Crippen molar-refractivity contribution >= 4 is 5.78 Å². The number of nitrogens with two attached hydrogens (primary N) is 1. The molecule has 0 bridgehead atoms. The summed E-state index contributed by atoms with van der Waals surface area (Å²) in [5, 5.41) is 4.15. The molecule has 0 radical (unpaired) electrons. The Morgan fingerprint density at radius 3 is 2.77 bits per heavy atom. The summed E-state index contributed by atoms with van der Waals surface area (Å²) in [5.41, 5.74) is 7.30. The number of hydrogen-bond donors (Lipinski definition) is 1. The number of aromatic nitrogens is 2. The van der Waals surface area contributed by atoms with E-state index in [0.29, 0.717) is 6.42 Å². The molecular weight excluding hydrogens is 166 g/mol. The Bertz CT molecular complexity index is 315. The van der Waals surface area contributed by atoms with Crippen molar-refractivity contribution in [2.75, 3.05) is 0 Å². The van der Waals surface area contributed by atoms with E-state index in [1.807, 2.05) is 20.0 Å². The van der Waals surface area contributed by atoms with Crippen LogP contribution in [0.1, 0.15) is 18.3 Å². The Labute approximate surface area is 77.7 Å². The summed E-state index contributed by atoms with van der Waals surface area (Å²) in [6.45, 7) is 3.60.